The van der Waals surface area contributed by atoms with Crippen LogP contribution in [0.3, 0.4) is 0 Å². The Hall–Kier alpha value is -2.67. The molecule has 3 heterocycles. The topological polar surface area (TPSA) is 87.6 Å². The molecule has 1 amide bonds. The van der Waals surface area contributed by atoms with Gasteiger partial charge in [-0.05, 0) is 24.1 Å². The Morgan fingerprint density at radius 2 is 2.20 bits per heavy atom. The van der Waals surface area contributed by atoms with Gasteiger partial charge in [0, 0.05) is 43.9 Å². The van der Waals surface area contributed by atoms with Crippen molar-refractivity contribution in [2.24, 2.45) is 0 Å². The molecule has 0 saturated carbocycles. The van der Waals surface area contributed by atoms with Gasteiger partial charge < -0.3 is 20.1 Å². The average molecular weight is 340 g/mol. The molecule has 2 aliphatic heterocycles. The first-order valence-electron chi connectivity index (χ1n) is 8.47. The van der Waals surface area contributed by atoms with Crippen LogP contribution < -0.4 is 15.0 Å². The number of aliphatic hydroxyl groups excluding tert-OH is 1. The first-order valence-corrected chi connectivity index (χ1v) is 8.47. The largest absolute Gasteiger partial charge is 0.488 e. The van der Waals surface area contributed by atoms with E-state index in [0.29, 0.717) is 25.1 Å². The molecule has 1 aromatic heterocycles. The molecule has 7 nitrogen and oxygen atoms in total. The van der Waals surface area contributed by atoms with E-state index in [0.717, 1.165) is 30.0 Å². The van der Waals surface area contributed by atoms with Crippen molar-refractivity contribution in [2.45, 2.75) is 31.5 Å². The maximum absolute atomic E-state index is 11.5. The summed E-state index contributed by atoms with van der Waals surface area (Å²) in [6.45, 7) is 1.21. The average Bonchev–Trinajstić information content (AvgIpc) is 2.64. The molecule has 1 saturated heterocycles. The minimum absolute atomic E-state index is 0.0304. The highest BCUT2D eigenvalue weighted by Crippen LogP contribution is 2.29. The highest BCUT2D eigenvalue weighted by Gasteiger charge is 2.30. The molecule has 2 aromatic rings. The van der Waals surface area contributed by atoms with Gasteiger partial charge in [-0.3, -0.25) is 4.79 Å². The number of carbonyl (C=O) groups excluding carboxylic acids is 1. The van der Waals surface area contributed by atoms with Gasteiger partial charge >= 0.3 is 0 Å². The number of nitrogens with one attached hydrogen (secondary N) is 1. The van der Waals surface area contributed by atoms with Gasteiger partial charge in [-0.2, -0.15) is 0 Å². The van der Waals surface area contributed by atoms with E-state index in [2.05, 4.69) is 15.3 Å². The smallest absolute Gasteiger partial charge is 0.224 e. The highest BCUT2D eigenvalue weighted by molar-refractivity contribution is 5.94. The monoisotopic (exact) mass is 340 g/mol. The lowest BCUT2D eigenvalue weighted by atomic mass is 10.0. The number of amides is 1. The van der Waals surface area contributed by atoms with Crippen LogP contribution in [-0.2, 0) is 11.2 Å². The van der Waals surface area contributed by atoms with Gasteiger partial charge in [0.1, 0.15) is 30.1 Å². The van der Waals surface area contributed by atoms with Gasteiger partial charge in [0.05, 0.1) is 0 Å². The van der Waals surface area contributed by atoms with Gasteiger partial charge in [0.25, 0.3) is 0 Å². The quantitative estimate of drug-likeness (QED) is 0.878. The van der Waals surface area contributed by atoms with Gasteiger partial charge in [-0.25, -0.2) is 9.97 Å². The van der Waals surface area contributed by atoms with E-state index in [1.54, 1.807) is 6.20 Å². The second kappa shape index (κ2) is 6.68. The molecular formula is C18H20N4O3. The van der Waals surface area contributed by atoms with Crippen molar-refractivity contribution >= 4 is 17.4 Å². The Kier molecular flexibility index (Phi) is 4.23. The van der Waals surface area contributed by atoms with Crippen LogP contribution in [-0.4, -0.2) is 46.3 Å². The van der Waals surface area contributed by atoms with Crippen LogP contribution in [0.2, 0.25) is 0 Å². The molecule has 2 aliphatic rings. The van der Waals surface area contributed by atoms with Crippen LogP contribution >= 0.6 is 0 Å². The molecule has 130 valence electrons. The highest BCUT2D eigenvalue weighted by atomic mass is 16.5. The molecule has 7 heteroatoms. The van der Waals surface area contributed by atoms with Crippen molar-refractivity contribution in [1.82, 2.24) is 9.97 Å². The Bertz CT molecular complexity index is 768. The number of anilines is 2. The van der Waals surface area contributed by atoms with Crippen molar-refractivity contribution in [3.05, 3.63) is 42.4 Å². The van der Waals surface area contributed by atoms with Gasteiger partial charge in [-0.1, -0.05) is 6.07 Å². The number of carbonyl (C=O) groups is 1. The number of aromatic nitrogens is 2. The molecule has 1 fully saturated rings. The predicted molar refractivity (Wildman–Crippen MR) is 92.7 cm³/mol. The summed E-state index contributed by atoms with van der Waals surface area (Å²) >= 11 is 0. The fourth-order valence-electron chi connectivity index (χ4n) is 3.33. The molecule has 0 unspecified atom stereocenters. The number of ether oxygens (including phenoxy) is 1. The van der Waals surface area contributed by atoms with E-state index in [1.807, 2.05) is 29.2 Å². The molecule has 2 N–H and O–H groups in total. The summed E-state index contributed by atoms with van der Waals surface area (Å²) < 4.78 is 5.99. The van der Waals surface area contributed by atoms with Crippen molar-refractivity contribution in [2.75, 3.05) is 23.3 Å². The van der Waals surface area contributed by atoms with Crippen LogP contribution in [0, 0.1) is 0 Å². The van der Waals surface area contributed by atoms with Gasteiger partial charge in [-0.15, -0.1) is 0 Å². The third-order valence-electron chi connectivity index (χ3n) is 4.67. The number of β-amino-alcohol motifs (C(OH)–C–C–N with tert-alkyl or cyclic N) is 1. The Balaban J connectivity index is 1.42. The Labute approximate surface area is 145 Å². The number of rotatable bonds is 3. The van der Waals surface area contributed by atoms with Crippen molar-refractivity contribution in [3.63, 3.8) is 0 Å². The van der Waals surface area contributed by atoms with Gasteiger partial charge in [0.15, 0.2) is 0 Å². The van der Waals surface area contributed by atoms with Gasteiger partial charge in [0.2, 0.25) is 5.91 Å². The molecule has 0 spiro atoms. The van der Waals surface area contributed by atoms with Crippen molar-refractivity contribution in [1.29, 1.82) is 0 Å². The van der Waals surface area contributed by atoms with E-state index in [-0.39, 0.29) is 12.0 Å². The zero-order chi connectivity index (χ0) is 17.2. The Morgan fingerprint density at radius 3 is 3.00 bits per heavy atom. The normalized spacial score (nSPS) is 22.9. The SMILES string of the molecule is O=C1CCc2ccc(O[C@@H]3CCN(c4ccncn4)C[C@H]3O)cc2N1. The van der Waals surface area contributed by atoms with Crippen LogP contribution in [0.1, 0.15) is 18.4 Å². The van der Waals surface area contributed by atoms with Crippen LogP contribution in [0.5, 0.6) is 5.75 Å². The summed E-state index contributed by atoms with van der Waals surface area (Å²) in [5.74, 6) is 1.51. The number of aryl methyl sites for hydroxylation is 1. The van der Waals surface area contributed by atoms with Crippen molar-refractivity contribution < 1.29 is 14.6 Å². The standard InChI is InChI=1S/C18H20N4O3/c23-15-10-22(17-5-7-19-11-20-17)8-6-16(15)25-13-3-1-12-2-4-18(24)21-14(12)9-13/h1,3,5,7,9,11,15-16,23H,2,4,6,8,10H2,(H,21,24)/t15-,16-/m1/s1. The first-order chi connectivity index (χ1) is 12.2. The molecule has 4 rings (SSSR count). The maximum Gasteiger partial charge on any atom is 0.224 e. The lowest BCUT2D eigenvalue weighted by Crippen LogP contribution is -2.49. The fraction of sp³-hybridized carbons (Fsp3) is 0.389. The van der Waals surface area contributed by atoms with E-state index in [1.165, 1.54) is 6.33 Å². The second-order valence-corrected chi connectivity index (χ2v) is 6.39. The summed E-state index contributed by atoms with van der Waals surface area (Å²) in [6, 6.07) is 7.56. The number of fused-ring (bicyclic) bond motifs is 1. The lowest BCUT2D eigenvalue weighted by Gasteiger charge is -2.36. The third kappa shape index (κ3) is 3.41. The number of nitrogens with zero attached hydrogens (tertiary/aromatic N) is 3. The van der Waals surface area contributed by atoms with Crippen molar-refractivity contribution in [3.8, 4) is 5.75 Å². The molecule has 0 radical (unpaired) electrons. The van der Waals surface area contributed by atoms with E-state index in [9.17, 15) is 9.90 Å². The second-order valence-electron chi connectivity index (χ2n) is 6.39. The first kappa shape index (κ1) is 15.8. The minimum atomic E-state index is -0.616. The van der Waals surface area contributed by atoms with E-state index >= 15 is 0 Å². The van der Waals surface area contributed by atoms with Crippen LogP contribution in [0.25, 0.3) is 0 Å². The zero-order valence-electron chi connectivity index (χ0n) is 13.8. The molecule has 0 aliphatic carbocycles. The molecular weight excluding hydrogens is 320 g/mol. The number of aliphatic hydroxyl groups is 1. The fourth-order valence-corrected chi connectivity index (χ4v) is 3.33. The van der Waals surface area contributed by atoms with E-state index < -0.39 is 6.10 Å². The lowest BCUT2D eigenvalue weighted by molar-refractivity contribution is -0.116. The molecule has 0 bridgehead atoms. The summed E-state index contributed by atoms with van der Waals surface area (Å²) in [5, 5.41) is 13.3. The summed E-state index contributed by atoms with van der Waals surface area (Å²) in [6.07, 6.45) is 4.26. The zero-order valence-corrected chi connectivity index (χ0v) is 13.8. The molecule has 2 atom stereocenters. The third-order valence-corrected chi connectivity index (χ3v) is 4.67. The molecule has 1 aromatic carbocycles. The maximum atomic E-state index is 11.5. The minimum Gasteiger partial charge on any atom is -0.488 e. The summed E-state index contributed by atoms with van der Waals surface area (Å²) in [7, 11) is 0. The Morgan fingerprint density at radius 1 is 1.28 bits per heavy atom. The van der Waals surface area contributed by atoms with E-state index in [4.69, 9.17) is 4.74 Å². The van der Waals surface area contributed by atoms with Crippen LogP contribution in [0.4, 0.5) is 11.5 Å². The molecule has 25 heavy (non-hydrogen) atoms. The summed E-state index contributed by atoms with van der Waals surface area (Å²) in [5.41, 5.74) is 1.92. The number of hydrogen-bond donors (Lipinski definition) is 2. The number of hydrogen-bond acceptors (Lipinski definition) is 6. The number of benzene rings is 1. The predicted octanol–water partition coefficient (Wildman–Crippen LogP) is 1.38. The van der Waals surface area contributed by atoms with Crippen LogP contribution in [0.15, 0.2) is 36.8 Å². The summed E-state index contributed by atoms with van der Waals surface area (Å²) in [4.78, 5) is 21.7. The number of piperidine rings is 1.